The number of benzene rings is 2. The van der Waals surface area contributed by atoms with Gasteiger partial charge in [0.15, 0.2) is 11.5 Å². The summed E-state index contributed by atoms with van der Waals surface area (Å²) in [6, 6.07) is 13.9. The minimum atomic E-state index is -3.57. The lowest BCUT2D eigenvalue weighted by Gasteiger charge is -2.10. The third-order valence-electron chi connectivity index (χ3n) is 4.11. The minimum Gasteiger partial charge on any atom is -0.493 e. The molecule has 1 aromatic heterocycles. The molecule has 0 saturated carbocycles. The lowest BCUT2D eigenvalue weighted by atomic mass is 10.1. The van der Waals surface area contributed by atoms with Crippen LogP contribution >= 0.6 is 0 Å². The first-order chi connectivity index (χ1) is 12.9. The Morgan fingerprint density at radius 1 is 1.00 bits per heavy atom. The molecule has 0 aliphatic rings. The summed E-state index contributed by atoms with van der Waals surface area (Å²) in [6.07, 6.45) is 0. The Balaban J connectivity index is 1.84. The van der Waals surface area contributed by atoms with E-state index in [1.165, 1.54) is 14.2 Å². The Kier molecular flexibility index (Phi) is 5.48. The molecule has 3 rings (SSSR count). The number of aromatic nitrogens is 1. The van der Waals surface area contributed by atoms with Gasteiger partial charge in [-0.1, -0.05) is 30.3 Å². The van der Waals surface area contributed by atoms with Crippen molar-refractivity contribution in [3.8, 4) is 11.5 Å². The van der Waals surface area contributed by atoms with Crippen LogP contribution in [0.2, 0.25) is 0 Å². The molecule has 142 valence electrons. The Labute approximate surface area is 157 Å². The Morgan fingerprint density at radius 2 is 1.67 bits per heavy atom. The summed E-state index contributed by atoms with van der Waals surface area (Å²) in [7, 11) is -0.540. The first kappa shape index (κ1) is 18.9. The summed E-state index contributed by atoms with van der Waals surface area (Å²) in [6.45, 7) is -0.102. The van der Waals surface area contributed by atoms with E-state index in [0.29, 0.717) is 33.5 Å². The summed E-state index contributed by atoms with van der Waals surface area (Å²) >= 11 is 0. The highest BCUT2D eigenvalue weighted by Gasteiger charge is 2.14. The normalized spacial score (nSPS) is 11.5. The van der Waals surface area contributed by atoms with Crippen LogP contribution in [0.1, 0.15) is 11.1 Å². The molecule has 0 fully saturated rings. The van der Waals surface area contributed by atoms with Gasteiger partial charge < -0.3 is 14.5 Å². The largest absolute Gasteiger partial charge is 0.493 e. The Bertz CT molecular complexity index is 1110. The van der Waals surface area contributed by atoms with Crippen LogP contribution in [0.4, 0.5) is 0 Å². The molecule has 0 saturated heterocycles. The molecule has 2 aromatic carbocycles. The molecular formula is C19H20N2O5S. The number of sulfonamides is 1. The third-order valence-corrected chi connectivity index (χ3v) is 5.40. The zero-order valence-electron chi connectivity index (χ0n) is 15.0. The van der Waals surface area contributed by atoms with Gasteiger partial charge in [0, 0.05) is 23.6 Å². The predicted molar refractivity (Wildman–Crippen MR) is 104 cm³/mol. The van der Waals surface area contributed by atoms with Gasteiger partial charge in [0.1, 0.15) is 0 Å². The van der Waals surface area contributed by atoms with Crippen LogP contribution in [0.25, 0.3) is 10.9 Å². The first-order valence-electron chi connectivity index (χ1n) is 8.21. The smallest absolute Gasteiger partial charge is 0.252 e. The second-order valence-corrected chi connectivity index (χ2v) is 7.79. The molecule has 0 amide bonds. The zero-order valence-corrected chi connectivity index (χ0v) is 15.8. The number of aromatic amines is 1. The summed E-state index contributed by atoms with van der Waals surface area (Å²) < 4.78 is 37.5. The fourth-order valence-corrected chi connectivity index (χ4v) is 3.85. The van der Waals surface area contributed by atoms with Crippen molar-refractivity contribution < 1.29 is 17.9 Å². The molecule has 2 N–H and O–H groups in total. The zero-order chi connectivity index (χ0) is 19.4. The van der Waals surface area contributed by atoms with E-state index in [1.54, 1.807) is 42.5 Å². The maximum atomic E-state index is 12.3. The SMILES string of the molecule is COc1cc2cc(CNS(=O)(=O)Cc3ccccc3)c(=O)[nH]c2cc1OC. The lowest BCUT2D eigenvalue weighted by molar-refractivity contribution is 0.356. The van der Waals surface area contributed by atoms with Crippen molar-refractivity contribution in [2.24, 2.45) is 0 Å². The van der Waals surface area contributed by atoms with Gasteiger partial charge in [-0.2, -0.15) is 0 Å². The number of pyridine rings is 1. The minimum absolute atomic E-state index is 0.102. The first-order valence-corrected chi connectivity index (χ1v) is 9.86. The van der Waals surface area contributed by atoms with Gasteiger partial charge in [-0.15, -0.1) is 0 Å². The average molecular weight is 388 g/mol. The van der Waals surface area contributed by atoms with Crippen molar-refractivity contribution in [3.05, 3.63) is 70.0 Å². The van der Waals surface area contributed by atoms with Gasteiger partial charge >= 0.3 is 0 Å². The quantitative estimate of drug-likeness (QED) is 0.646. The molecule has 0 unspecified atom stereocenters. The summed E-state index contributed by atoms with van der Waals surface area (Å²) in [5.74, 6) is 0.870. The number of hydrogen-bond donors (Lipinski definition) is 2. The molecule has 0 aliphatic carbocycles. The third kappa shape index (κ3) is 4.47. The summed E-state index contributed by atoms with van der Waals surface area (Å²) in [4.78, 5) is 15.0. The van der Waals surface area contributed by atoms with Crippen LogP contribution in [0.15, 0.2) is 53.3 Å². The van der Waals surface area contributed by atoms with E-state index in [4.69, 9.17) is 9.47 Å². The highest BCUT2D eigenvalue weighted by Crippen LogP contribution is 2.31. The van der Waals surface area contributed by atoms with Crippen molar-refractivity contribution in [3.63, 3.8) is 0 Å². The van der Waals surface area contributed by atoms with Crippen molar-refractivity contribution in [1.29, 1.82) is 0 Å². The second-order valence-electron chi connectivity index (χ2n) is 5.98. The van der Waals surface area contributed by atoms with E-state index >= 15 is 0 Å². The molecule has 3 aromatic rings. The van der Waals surface area contributed by atoms with Gasteiger partial charge in [-0.05, 0) is 17.7 Å². The van der Waals surface area contributed by atoms with Gasteiger partial charge in [0.2, 0.25) is 10.0 Å². The van der Waals surface area contributed by atoms with Crippen LogP contribution in [0.3, 0.4) is 0 Å². The van der Waals surface area contributed by atoms with Crippen LogP contribution in [-0.2, 0) is 22.3 Å². The maximum Gasteiger partial charge on any atom is 0.252 e. The van der Waals surface area contributed by atoms with E-state index in [0.717, 1.165) is 0 Å². The molecule has 0 bridgehead atoms. The molecule has 8 heteroatoms. The van der Waals surface area contributed by atoms with Crippen LogP contribution in [-0.4, -0.2) is 27.6 Å². The van der Waals surface area contributed by atoms with Crippen molar-refractivity contribution in [2.75, 3.05) is 14.2 Å². The monoisotopic (exact) mass is 388 g/mol. The molecule has 0 atom stereocenters. The van der Waals surface area contributed by atoms with E-state index in [9.17, 15) is 13.2 Å². The lowest BCUT2D eigenvalue weighted by Crippen LogP contribution is -2.28. The van der Waals surface area contributed by atoms with Crippen molar-refractivity contribution in [2.45, 2.75) is 12.3 Å². The predicted octanol–water partition coefficient (Wildman–Crippen LogP) is 2.16. The van der Waals surface area contributed by atoms with Crippen molar-refractivity contribution >= 4 is 20.9 Å². The molecular weight excluding hydrogens is 368 g/mol. The molecule has 0 aliphatic heterocycles. The van der Waals surface area contributed by atoms with E-state index < -0.39 is 10.0 Å². The van der Waals surface area contributed by atoms with E-state index in [-0.39, 0.29) is 17.9 Å². The molecule has 0 radical (unpaired) electrons. The molecule has 1 heterocycles. The highest BCUT2D eigenvalue weighted by molar-refractivity contribution is 7.88. The number of nitrogens with one attached hydrogen (secondary N) is 2. The Morgan fingerprint density at radius 3 is 2.33 bits per heavy atom. The van der Waals surface area contributed by atoms with Gasteiger partial charge in [0.25, 0.3) is 5.56 Å². The number of rotatable bonds is 7. The standard InChI is InChI=1S/C19H20N2O5S/c1-25-17-9-14-8-15(19(22)21-16(14)10-18(17)26-2)11-20-27(23,24)12-13-6-4-3-5-7-13/h3-10,20H,11-12H2,1-2H3,(H,21,22). The number of methoxy groups -OCH3 is 2. The topological polar surface area (TPSA) is 97.5 Å². The van der Waals surface area contributed by atoms with Gasteiger partial charge in [-0.3, -0.25) is 4.79 Å². The number of ether oxygens (including phenoxy) is 2. The van der Waals surface area contributed by atoms with Gasteiger partial charge in [0.05, 0.1) is 25.5 Å². The number of hydrogen-bond acceptors (Lipinski definition) is 5. The highest BCUT2D eigenvalue weighted by atomic mass is 32.2. The Hall–Kier alpha value is -2.84. The average Bonchev–Trinajstić information content (AvgIpc) is 2.65. The maximum absolute atomic E-state index is 12.3. The number of H-pyrrole nitrogens is 1. The molecule has 0 spiro atoms. The molecule has 27 heavy (non-hydrogen) atoms. The summed E-state index contributed by atoms with van der Waals surface area (Å²) in [5.41, 5.74) is 1.20. The van der Waals surface area contributed by atoms with E-state index in [2.05, 4.69) is 9.71 Å². The fourth-order valence-electron chi connectivity index (χ4n) is 2.74. The van der Waals surface area contributed by atoms with Gasteiger partial charge in [-0.25, -0.2) is 13.1 Å². The van der Waals surface area contributed by atoms with Crippen LogP contribution in [0, 0.1) is 0 Å². The summed E-state index contributed by atoms with van der Waals surface area (Å²) in [5, 5.41) is 0.713. The van der Waals surface area contributed by atoms with Crippen LogP contribution < -0.4 is 19.8 Å². The second kappa shape index (κ2) is 7.81. The van der Waals surface area contributed by atoms with Crippen LogP contribution in [0.5, 0.6) is 11.5 Å². The fraction of sp³-hybridized carbons (Fsp3) is 0.211. The van der Waals surface area contributed by atoms with E-state index in [1.807, 2.05) is 6.07 Å². The number of fused-ring (bicyclic) bond motifs is 1. The van der Waals surface area contributed by atoms with Crippen molar-refractivity contribution in [1.82, 2.24) is 9.71 Å². The molecule has 7 nitrogen and oxygen atoms in total.